The fourth-order valence-electron chi connectivity index (χ4n) is 3.24. The maximum absolute atomic E-state index is 11.4. The van der Waals surface area contributed by atoms with Gasteiger partial charge in [-0.1, -0.05) is 0 Å². The number of anilines is 3. The van der Waals surface area contributed by atoms with Crippen LogP contribution in [0.1, 0.15) is 30.7 Å². The number of carbonyl (C=O) groups is 1. The van der Waals surface area contributed by atoms with E-state index in [2.05, 4.69) is 42.0 Å². The Morgan fingerprint density at radius 2 is 2.21 bits per heavy atom. The molecule has 0 aromatic carbocycles. The van der Waals surface area contributed by atoms with Crippen LogP contribution in [-0.4, -0.2) is 40.2 Å². The Balaban J connectivity index is 0.00000240. The molecule has 2 aliphatic rings. The lowest BCUT2D eigenvalue weighted by Gasteiger charge is -2.18. The number of pyridine rings is 1. The third kappa shape index (κ3) is 5.04. The van der Waals surface area contributed by atoms with Gasteiger partial charge < -0.3 is 16.0 Å². The summed E-state index contributed by atoms with van der Waals surface area (Å²) in [7, 11) is 0. The molecule has 10 heteroatoms. The second-order valence-corrected chi connectivity index (χ2v) is 6.82. The van der Waals surface area contributed by atoms with Crippen molar-refractivity contribution in [3.05, 3.63) is 29.8 Å². The van der Waals surface area contributed by atoms with Crippen LogP contribution in [0, 0.1) is 17.2 Å². The molecular formula is C19H21ClN8O. The maximum Gasteiger partial charge on any atom is 0.227 e. The molecule has 150 valence electrons. The Bertz CT molecular complexity index is 965. The Morgan fingerprint density at radius 1 is 1.31 bits per heavy atom. The molecule has 0 saturated carbocycles. The minimum atomic E-state index is -0.0243. The van der Waals surface area contributed by atoms with Crippen molar-refractivity contribution in [3.63, 3.8) is 0 Å². The van der Waals surface area contributed by atoms with E-state index in [1.807, 2.05) is 6.21 Å². The zero-order valence-corrected chi connectivity index (χ0v) is 16.5. The number of rotatable bonds is 4. The van der Waals surface area contributed by atoms with Crippen molar-refractivity contribution < 1.29 is 4.79 Å². The summed E-state index contributed by atoms with van der Waals surface area (Å²) in [6.07, 6.45) is 8.25. The molecule has 2 aromatic rings. The molecule has 1 atom stereocenters. The van der Waals surface area contributed by atoms with Crippen LogP contribution < -0.4 is 16.0 Å². The van der Waals surface area contributed by atoms with Crippen molar-refractivity contribution >= 4 is 47.5 Å². The van der Waals surface area contributed by atoms with Crippen LogP contribution >= 0.6 is 12.4 Å². The fraction of sp³-hybridized carbons (Fsp3) is 0.368. The first-order valence-electron chi connectivity index (χ1n) is 9.29. The number of aromatic nitrogens is 3. The summed E-state index contributed by atoms with van der Waals surface area (Å²) in [6, 6.07) is 3.85. The van der Waals surface area contributed by atoms with Crippen molar-refractivity contribution in [2.75, 3.05) is 23.7 Å². The Hall–Kier alpha value is -3.09. The number of hydrogen-bond acceptors (Lipinski definition) is 8. The van der Waals surface area contributed by atoms with Gasteiger partial charge in [0.1, 0.15) is 11.8 Å². The fourth-order valence-corrected chi connectivity index (χ4v) is 3.24. The standard InChI is InChI=1S/C19H20N8O.ClH/c20-7-16-15(22-9-12-2-1-5-21-8-12)6-13(10-23-16)25-19-24-11-17-14(27-19)3-4-18(28)26-17;/h6,9-12,21H,1-5,8H2,(H,26,28)(H,24,25,27);1H/t12-;/m1./s1. The van der Waals surface area contributed by atoms with Gasteiger partial charge in [0.2, 0.25) is 11.9 Å². The second-order valence-electron chi connectivity index (χ2n) is 6.82. The smallest absolute Gasteiger partial charge is 0.227 e. The number of aryl methyl sites for hydroxylation is 1. The Labute approximate surface area is 174 Å². The highest BCUT2D eigenvalue weighted by Crippen LogP contribution is 2.25. The van der Waals surface area contributed by atoms with Crippen molar-refractivity contribution in [2.24, 2.45) is 10.9 Å². The average Bonchev–Trinajstić information content (AvgIpc) is 2.73. The number of fused-ring (bicyclic) bond motifs is 1. The number of aliphatic imine (C=N–C) groups is 1. The Kier molecular flexibility index (Phi) is 6.69. The van der Waals surface area contributed by atoms with Crippen molar-refractivity contribution in [2.45, 2.75) is 25.7 Å². The Morgan fingerprint density at radius 3 is 3.00 bits per heavy atom. The van der Waals surface area contributed by atoms with Crippen molar-refractivity contribution in [3.8, 4) is 6.07 Å². The first-order chi connectivity index (χ1) is 13.7. The number of nitriles is 1. The molecule has 3 N–H and O–H groups in total. The summed E-state index contributed by atoms with van der Waals surface area (Å²) in [5.74, 6) is 0.743. The molecule has 0 bridgehead atoms. The quantitative estimate of drug-likeness (QED) is 0.658. The lowest BCUT2D eigenvalue weighted by molar-refractivity contribution is -0.116. The second kappa shape index (κ2) is 9.41. The van der Waals surface area contributed by atoms with E-state index in [9.17, 15) is 10.1 Å². The van der Waals surface area contributed by atoms with Gasteiger partial charge in [-0.05, 0) is 25.5 Å². The van der Waals surface area contributed by atoms with Gasteiger partial charge in [0.05, 0.1) is 29.5 Å². The molecule has 0 spiro atoms. The van der Waals surface area contributed by atoms with Gasteiger partial charge >= 0.3 is 0 Å². The van der Waals surface area contributed by atoms with Gasteiger partial charge in [0, 0.05) is 31.5 Å². The molecule has 2 aliphatic heterocycles. The third-order valence-corrected chi connectivity index (χ3v) is 4.72. The number of piperidine rings is 1. The predicted molar refractivity (Wildman–Crippen MR) is 112 cm³/mol. The molecule has 0 radical (unpaired) electrons. The van der Waals surface area contributed by atoms with Gasteiger partial charge in [-0.25, -0.2) is 15.0 Å². The van der Waals surface area contributed by atoms with E-state index in [1.54, 1.807) is 18.5 Å². The molecule has 29 heavy (non-hydrogen) atoms. The van der Waals surface area contributed by atoms with E-state index < -0.39 is 0 Å². The van der Waals surface area contributed by atoms with E-state index in [0.717, 1.165) is 31.6 Å². The number of nitrogens with one attached hydrogen (secondary N) is 3. The van der Waals surface area contributed by atoms with Gasteiger partial charge in [0.15, 0.2) is 5.69 Å². The van der Waals surface area contributed by atoms with Crippen LogP contribution in [0.5, 0.6) is 0 Å². The average molecular weight is 413 g/mol. The molecule has 2 aromatic heterocycles. The zero-order chi connectivity index (χ0) is 19.3. The summed E-state index contributed by atoms with van der Waals surface area (Å²) in [5.41, 5.74) is 2.88. The van der Waals surface area contributed by atoms with Crippen LogP contribution in [0.25, 0.3) is 0 Å². The predicted octanol–water partition coefficient (Wildman–Crippen LogP) is 2.50. The van der Waals surface area contributed by atoms with E-state index in [4.69, 9.17) is 0 Å². The summed E-state index contributed by atoms with van der Waals surface area (Å²) in [6.45, 7) is 1.94. The molecule has 4 rings (SSSR count). The highest BCUT2D eigenvalue weighted by Gasteiger charge is 2.17. The zero-order valence-electron chi connectivity index (χ0n) is 15.7. The van der Waals surface area contributed by atoms with Gasteiger partial charge in [-0.15, -0.1) is 12.4 Å². The van der Waals surface area contributed by atoms with Crippen LogP contribution in [-0.2, 0) is 11.2 Å². The summed E-state index contributed by atoms with van der Waals surface area (Å²) in [4.78, 5) is 28.8. The molecule has 9 nitrogen and oxygen atoms in total. The lowest BCUT2D eigenvalue weighted by Crippen LogP contribution is -2.30. The van der Waals surface area contributed by atoms with E-state index in [1.165, 1.54) is 0 Å². The van der Waals surface area contributed by atoms with Gasteiger partial charge in [-0.2, -0.15) is 5.26 Å². The monoisotopic (exact) mass is 412 g/mol. The highest BCUT2D eigenvalue weighted by molar-refractivity contribution is 5.93. The molecular weight excluding hydrogens is 392 g/mol. The number of halogens is 1. The molecule has 0 aliphatic carbocycles. The summed E-state index contributed by atoms with van der Waals surface area (Å²) >= 11 is 0. The van der Waals surface area contributed by atoms with Crippen LogP contribution in [0.3, 0.4) is 0 Å². The van der Waals surface area contributed by atoms with Crippen LogP contribution in [0.2, 0.25) is 0 Å². The number of carbonyl (C=O) groups excluding carboxylic acids is 1. The van der Waals surface area contributed by atoms with Crippen LogP contribution in [0.15, 0.2) is 23.5 Å². The van der Waals surface area contributed by atoms with E-state index >= 15 is 0 Å². The van der Waals surface area contributed by atoms with E-state index in [0.29, 0.717) is 41.8 Å². The van der Waals surface area contributed by atoms with Crippen molar-refractivity contribution in [1.29, 1.82) is 5.26 Å². The van der Waals surface area contributed by atoms with Crippen molar-refractivity contribution in [1.82, 2.24) is 20.3 Å². The molecule has 1 saturated heterocycles. The molecule has 1 amide bonds. The van der Waals surface area contributed by atoms with Gasteiger partial charge in [0.25, 0.3) is 0 Å². The lowest BCUT2D eigenvalue weighted by atomic mass is 10.0. The summed E-state index contributed by atoms with van der Waals surface area (Å²) < 4.78 is 0. The first-order valence-corrected chi connectivity index (χ1v) is 9.29. The van der Waals surface area contributed by atoms with E-state index in [-0.39, 0.29) is 24.0 Å². The minimum absolute atomic E-state index is 0. The third-order valence-electron chi connectivity index (χ3n) is 4.72. The normalized spacial score (nSPS) is 18.3. The first kappa shape index (κ1) is 20.6. The highest BCUT2D eigenvalue weighted by atomic mass is 35.5. The molecule has 1 fully saturated rings. The van der Waals surface area contributed by atoms with Crippen LogP contribution in [0.4, 0.5) is 23.0 Å². The largest absolute Gasteiger partial charge is 0.323 e. The molecule has 0 unspecified atom stereocenters. The summed E-state index contributed by atoms with van der Waals surface area (Å²) in [5, 5.41) is 18.5. The number of nitrogens with zero attached hydrogens (tertiary/aromatic N) is 5. The SMILES string of the molecule is Cl.N#Cc1ncc(Nc2ncc3c(n2)CCC(=O)N3)cc1N=C[C@@H]1CCCNC1. The maximum atomic E-state index is 11.4. The molecule has 4 heterocycles. The number of amides is 1. The minimum Gasteiger partial charge on any atom is -0.323 e. The topological polar surface area (TPSA) is 128 Å². The van der Waals surface area contributed by atoms with Gasteiger partial charge in [-0.3, -0.25) is 9.79 Å². The number of hydrogen-bond donors (Lipinski definition) is 3.